The van der Waals surface area contributed by atoms with Gasteiger partial charge in [-0.1, -0.05) is 6.92 Å². The predicted molar refractivity (Wildman–Crippen MR) is 79.1 cm³/mol. The Morgan fingerprint density at radius 3 is 3.00 bits per heavy atom. The minimum atomic E-state index is -0.954. The highest BCUT2D eigenvalue weighted by Crippen LogP contribution is 2.28. The van der Waals surface area contributed by atoms with Gasteiger partial charge in [0.15, 0.2) is 0 Å². The normalized spacial score (nSPS) is 23.6. The second-order valence-corrected chi connectivity index (χ2v) is 6.93. The van der Waals surface area contributed by atoms with E-state index in [4.69, 9.17) is 5.11 Å². The van der Waals surface area contributed by atoms with Crippen molar-refractivity contribution in [2.45, 2.75) is 31.2 Å². The Hall–Kier alpha value is -1.28. The maximum absolute atomic E-state index is 12.2. The van der Waals surface area contributed by atoms with Crippen LogP contribution in [0.4, 0.5) is 4.79 Å². The number of nitrogens with one attached hydrogen (secondary N) is 1. The molecule has 0 aliphatic carbocycles. The summed E-state index contributed by atoms with van der Waals surface area (Å²) in [6, 6.07) is -1.07. The third kappa shape index (κ3) is 3.24. The zero-order chi connectivity index (χ0) is 14.7. The van der Waals surface area contributed by atoms with Gasteiger partial charge in [0.05, 0.1) is 10.4 Å². The van der Waals surface area contributed by atoms with Gasteiger partial charge < -0.3 is 10.4 Å². The number of aromatic nitrogens is 1. The minimum Gasteiger partial charge on any atom is -0.480 e. The summed E-state index contributed by atoms with van der Waals surface area (Å²) in [6.07, 6.45) is 1.73. The molecule has 0 bridgehead atoms. The van der Waals surface area contributed by atoms with Crippen LogP contribution in [-0.4, -0.2) is 50.7 Å². The van der Waals surface area contributed by atoms with E-state index in [0.29, 0.717) is 12.3 Å². The number of carbonyl (C=O) groups is 2. The van der Waals surface area contributed by atoms with Gasteiger partial charge >= 0.3 is 12.0 Å². The lowest BCUT2D eigenvalue weighted by Gasteiger charge is -2.25. The fourth-order valence-corrected chi connectivity index (χ4v) is 3.90. The molecule has 2 N–H and O–H groups in total. The van der Waals surface area contributed by atoms with Crippen LogP contribution in [0, 0.1) is 0 Å². The number of amides is 2. The third-order valence-corrected chi connectivity index (χ3v) is 5.40. The number of aliphatic carboxylic acids is 1. The molecule has 1 aliphatic heterocycles. The van der Waals surface area contributed by atoms with Gasteiger partial charge in [-0.15, -0.1) is 23.1 Å². The number of hydrogen-bond donors (Lipinski definition) is 2. The maximum Gasteiger partial charge on any atom is 0.327 e. The van der Waals surface area contributed by atoms with Crippen LogP contribution in [0.15, 0.2) is 11.6 Å². The molecule has 1 fully saturated rings. The monoisotopic (exact) mass is 315 g/mol. The molecule has 0 spiro atoms. The van der Waals surface area contributed by atoms with Gasteiger partial charge in [-0.05, 0) is 6.92 Å². The molecule has 0 saturated carbocycles. The van der Waals surface area contributed by atoms with E-state index >= 15 is 0 Å². The zero-order valence-corrected chi connectivity index (χ0v) is 12.9. The van der Waals surface area contributed by atoms with Gasteiger partial charge in [-0.2, -0.15) is 0 Å². The van der Waals surface area contributed by atoms with Crippen LogP contribution in [0.25, 0.3) is 0 Å². The molecule has 20 heavy (non-hydrogen) atoms. The number of carboxylic acid groups (broad SMARTS) is 1. The van der Waals surface area contributed by atoms with Gasteiger partial charge in [-0.3, -0.25) is 4.90 Å². The lowest BCUT2D eigenvalue weighted by atomic mass is 10.2. The van der Waals surface area contributed by atoms with Gasteiger partial charge in [-0.25, -0.2) is 14.6 Å². The van der Waals surface area contributed by atoms with Gasteiger partial charge in [0.2, 0.25) is 0 Å². The van der Waals surface area contributed by atoms with Crippen molar-refractivity contribution in [3.63, 3.8) is 0 Å². The molecule has 2 rings (SSSR count). The second-order valence-electron chi connectivity index (χ2n) is 4.65. The van der Waals surface area contributed by atoms with E-state index < -0.39 is 12.0 Å². The number of thiazole rings is 1. The highest BCUT2D eigenvalue weighted by molar-refractivity contribution is 8.00. The first-order chi connectivity index (χ1) is 9.50. The quantitative estimate of drug-likeness (QED) is 0.885. The summed E-state index contributed by atoms with van der Waals surface area (Å²) >= 11 is 3.02. The molecule has 3 atom stereocenters. The molecule has 1 aliphatic rings. The molecular weight excluding hydrogens is 298 g/mol. The summed E-state index contributed by atoms with van der Waals surface area (Å²) in [5.41, 5.74) is 0. The SMILES string of the molecule is CC(CNC(=O)N1C(C)SCC1C(=O)O)c1nccs1. The highest BCUT2D eigenvalue weighted by atomic mass is 32.2. The molecule has 2 amide bonds. The van der Waals surface area contributed by atoms with Crippen molar-refractivity contribution in [1.29, 1.82) is 0 Å². The molecule has 3 unspecified atom stereocenters. The Balaban J connectivity index is 1.92. The summed E-state index contributed by atoms with van der Waals surface area (Å²) < 4.78 is 0. The Bertz CT molecular complexity index is 480. The van der Waals surface area contributed by atoms with Crippen molar-refractivity contribution in [3.05, 3.63) is 16.6 Å². The molecule has 0 aromatic carbocycles. The number of carbonyl (C=O) groups excluding carboxylic acids is 1. The molecule has 6 nitrogen and oxygen atoms in total. The first-order valence-corrected chi connectivity index (χ1v) is 8.23. The van der Waals surface area contributed by atoms with Crippen LogP contribution in [0.2, 0.25) is 0 Å². The van der Waals surface area contributed by atoms with Gasteiger partial charge in [0.1, 0.15) is 6.04 Å². The van der Waals surface area contributed by atoms with Crippen molar-refractivity contribution in [3.8, 4) is 0 Å². The fourth-order valence-electron chi connectivity index (χ4n) is 2.04. The molecule has 8 heteroatoms. The molecule has 1 aromatic rings. The predicted octanol–water partition coefficient (Wildman–Crippen LogP) is 1.80. The van der Waals surface area contributed by atoms with E-state index in [-0.39, 0.29) is 17.3 Å². The zero-order valence-electron chi connectivity index (χ0n) is 11.3. The molecule has 110 valence electrons. The lowest BCUT2D eigenvalue weighted by molar-refractivity contribution is -0.141. The van der Waals surface area contributed by atoms with Crippen molar-refractivity contribution >= 4 is 35.1 Å². The average molecular weight is 315 g/mol. The maximum atomic E-state index is 12.2. The molecule has 0 radical (unpaired) electrons. The average Bonchev–Trinajstić information content (AvgIpc) is 3.04. The standard InChI is InChI=1S/C12H17N3O3S2/c1-7(10-13-3-4-19-10)5-14-12(18)15-8(2)20-6-9(15)11(16)17/h3-4,7-9H,5-6H2,1-2H3,(H,14,18)(H,16,17). The summed E-state index contributed by atoms with van der Waals surface area (Å²) in [6.45, 7) is 4.28. The summed E-state index contributed by atoms with van der Waals surface area (Å²) in [4.78, 5) is 28.9. The summed E-state index contributed by atoms with van der Waals surface area (Å²) in [5, 5.41) is 14.7. The van der Waals surface area contributed by atoms with Crippen molar-refractivity contribution < 1.29 is 14.7 Å². The fraction of sp³-hybridized carbons (Fsp3) is 0.583. The van der Waals surface area contributed by atoms with Crippen LogP contribution < -0.4 is 5.32 Å². The summed E-state index contributed by atoms with van der Waals surface area (Å²) in [7, 11) is 0. The van der Waals surface area contributed by atoms with E-state index in [1.54, 1.807) is 17.5 Å². The van der Waals surface area contributed by atoms with E-state index in [1.165, 1.54) is 16.7 Å². The number of rotatable bonds is 4. The number of thioether (sulfide) groups is 1. The van der Waals surface area contributed by atoms with Crippen LogP contribution in [0.1, 0.15) is 24.8 Å². The van der Waals surface area contributed by atoms with Crippen LogP contribution in [0.5, 0.6) is 0 Å². The van der Waals surface area contributed by atoms with Crippen LogP contribution in [-0.2, 0) is 4.79 Å². The van der Waals surface area contributed by atoms with E-state index in [0.717, 1.165) is 5.01 Å². The number of nitrogens with zero attached hydrogens (tertiary/aromatic N) is 2. The van der Waals surface area contributed by atoms with E-state index in [9.17, 15) is 9.59 Å². The van der Waals surface area contributed by atoms with Crippen molar-refractivity contribution in [1.82, 2.24) is 15.2 Å². The van der Waals surface area contributed by atoms with E-state index in [2.05, 4.69) is 10.3 Å². The number of carboxylic acids is 1. The first-order valence-electron chi connectivity index (χ1n) is 6.30. The largest absolute Gasteiger partial charge is 0.480 e. The number of urea groups is 1. The van der Waals surface area contributed by atoms with Gasteiger partial charge in [0, 0.05) is 29.8 Å². The molecule has 1 saturated heterocycles. The Morgan fingerprint density at radius 1 is 1.65 bits per heavy atom. The molecule has 2 heterocycles. The molecule has 1 aromatic heterocycles. The Morgan fingerprint density at radius 2 is 2.40 bits per heavy atom. The van der Waals surface area contributed by atoms with Gasteiger partial charge in [0.25, 0.3) is 0 Å². The number of hydrogen-bond acceptors (Lipinski definition) is 5. The van der Waals surface area contributed by atoms with Crippen LogP contribution >= 0.6 is 23.1 Å². The third-order valence-electron chi connectivity index (χ3n) is 3.17. The summed E-state index contributed by atoms with van der Waals surface area (Å²) in [5.74, 6) is -0.399. The first kappa shape index (κ1) is 15.1. The Kier molecular flexibility index (Phi) is 4.87. The van der Waals surface area contributed by atoms with Crippen molar-refractivity contribution in [2.24, 2.45) is 0 Å². The topological polar surface area (TPSA) is 82.5 Å². The van der Waals surface area contributed by atoms with E-state index in [1.807, 2.05) is 19.2 Å². The van der Waals surface area contributed by atoms with Crippen molar-refractivity contribution in [2.75, 3.05) is 12.3 Å². The smallest absolute Gasteiger partial charge is 0.327 e. The Labute approximate surface area is 125 Å². The molecular formula is C12H17N3O3S2. The second kappa shape index (κ2) is 6.45. The minimum absolute atomic E-state index is 0.118. The van der Waals surface area contributed by atoms with Crippen LogP contribution in [0.3, 0.4) is 0 Å². The lowest BCUT2D eigenvalue weighted by Crippen LogP contribution is -2.50. The highest BCUT2D eigenvalue weighted by Gasteiger charge is 2.39.